The fourth-order valence-corrected chi connectivity index (χ4v) is 2.90. The van der Waals surface area contributed by atoms with Gasteiger partial charge in [-0.3, -0.25) is 4.79 Å². The first-order valence-corrected chi connectivity index (χ1v) is 8.58. The molecule has 1 aromatic rings. The molecule has 1 aromatic heterocycles. The summed E-state index contributed by atoms with van der Waals surface area (Å²) in [6.07, 6.45) is 4.09. The zero-order valence-electron chi connectivity index (χ0n) is 14.4. The van der Waals surface area contributed by atoms with Crippen molar-refractivity contribution in [1.82, 2.24) is 10.2 Å². The minimum absolute atomic E-state index is 0.176. The minimum Gasteiger partial charge on any atom is -0.355 e. The molecule has 2 heterocycles. The van der Waals surface area contributed by atoms with Crippen LogP contribution in [0.4, 0.5) is 5.82 Å². The van der Waals surface area contributed by atoms with Crippen molar-refractivity contribution >= 4 is 11.6 Å². The van der Waals surface area contributed by atoms with Crippen LogP contribution in [0.2, 0.25) is 0 Å². The van der Waals surface area contributed by atoms with E-state index in [4.69, 9.17) is 0 Å². The topological polar surface area (TPSA) is 46.1 Å². The van der Waals surface area contributed by atoms with Crippen LogP contribution in [0.5, 0.6) is 0 Å². The predicted octanol–water partition coefficient (Wildman–Crippen LogP) is 3.82. The lowest BCUT2D eigenvalue weighted by atomic mass is 9.90. The SMILES string of the molecule is CC(C)C(=O)CCC1CCN(c2ccc(C(C)C)nn2)CC1. The summed E-state index contributed by atoms with van der Waals surface area (Å²) in [6.45, 7) is 10.3. The summed E-state index contributed by atoms with van der Waals surface area (Å²) in [5, 5.41) is 8.68. The molecule has 2 rings (SSSR count). The van der Waals surface area contributed by atoms with Gasteiger partial charge in [-0.05, 0) is 43.2 Å². The number of nitrogens with zero attached hydrogens (tertiary/aromatic N) is 3. The first kappa shape index (κ1) is 16.9. The van der Waals surface area contributed by atoms with Crippen LogP contribution in [0.15, 0.2) is 12.1 Å². The summed E-state index contributed by atoms with van der Waals surface area (Å²) < 4.78 is 0. The summed E-state index contributed by atoms with van der Waals surface area (Å²) in [4.78, 5) is 14.0. The molecule has 0 amide bonds. The molecule has 22 heavy (non-hydrogen) atoms. The number of carbonyl (C=O) groups excluding carboxylic acids is 1. The second-order valence-corrected chi connectivity index (χ2v) is 7.06. The Labute approximate surface area is 134 Å². The molecule has 0 spiro atoms. The zero-order valence-corrected chi connectivity index (χ0v) is 14.4. The highest BCUT2D eigenvalue weighted by Gasteiger charge is 2.21. The highest BCUT2D eigenvalue weighted by molar-refractivity contribution is 5.80. The predicted molar refractivity (Wildman–Crippen MR) is 90.1 cm³/mol. The molecule has 1 saturated heterocycles. The molecule has 0 bridgehead atoms. The van der Waals surface area contributed by atoms with Crippen molar-refractivity contribution in [3.63, 3.8) is 0 Å². The van der Waals surface area contributed by atoms with E-state index in [2.05, 4.69) is 41.1 Å². The summed E-state index contributed by atoms with van der Waals surface area (Å²) in [6, 6.07) is 4.17. The Morgan fingerprint density at radius 1 is 1.18 bits per heavy atom. The van der Waals surface area contributed by atoms with E-state index in [1.54, 1.807) is 0 Å². The van der Waals surface area contributed by atoms with Crippen LogP contribution >= 0.6 is 0 Å². The van der Waals surface area contributed by atoms with Crippen LogP contribution in [-0.4, -0.2) is 29.1 Å². The minimum atomic E-state index is 0.176. The quantitative estimate of drug-likeness (QED) is 0.801. The number of anilines is 1. The molecule has 1 fully saturated rings. The first-order chi connectivity index (χ1) is 10.5. The van der Waals surface area contributed by atoms with Crippen molar-refractivity contribution in [2.75, 3.05) is 18.0 Å². The summed E-state index contributed by atoms with van der Waals surface area (Å²) >= 11 is 0. The molecule has 0 N–H and O–H groups in total. The average Bonchev–Trinajstić information content (AvgIpc) is 2.53. The van der Waals surface area contributed by atoms with Gasteiger partial charge in [0.25, 0.3) is 0 Å². The van der Waals surface area contributed by atoms with Gasteiger partial charge in [0.15, 0.2) is 5.82 Å². The number of carbonyl (C=O) groups is 1. The molecule has 0 radical (unpaired) electrons. The molecule has 122 valence electrons. The zero-order chi connectivity index (χ0) is 16.1. The Kier molecular flexibility index (Phi) is 5.92. The van der Waals surface area contributed by atoms with Crippen molar-refractivity contribution < 1.29 is 4.79 Å². The van der Waals surface area contributed by atoms with Crippen LogP contribution in [0.25, 0.3) is 0 Å². The van der Waals surface area contributed by atoms with Gasteiger partial charge in [-0.2, -0.15) is 5.10 Å². The maximum Gasteiger partial charge on any atom is 0.151 e. The number of aromatic nitrogens is 2. The lowest BCUT2D eigenvalue weighted by Crippen LogP contribution is -2.34. The third-order valence-corrected chi connectivity index (χ3v) is 4.64. The molecule has 0 saturated carbocycles. The molecule has 0 unspecified atom stereocenters. The normalized spacial score (nSPS) is 16.5. The standard InChI is InChI=1S/C18H29N3O/c1-13(2)16-6-8-18(20-19-16)21-11-9-15(10-12-21)5-7-17(22)14(3)4/h6,8,13-15H,5,7,9-12H2,1-4H3. The van der Waals surface area contributed by atoms with E-state index in [0.29, 0.717) is 17.6 Å². The highest BCUT2D eigenvalue weighted by Crippen LogP contribution is 2.25. The van der Waals surface area contributed by atoms with Gasteiger partial charge in [0, 0.05) is 25.4 Å². The second kappa shape index (κ2) is 7.70. The molecule has 0 aromatic carbocycles. The van der Waals surface area contributed by atoms with E-state index >= 15 is 0 Å². The van der Waals surface area contributed by atoms with Crippen LogP contribution in [-0.2, 0) is 4.79 Å². The fraction of sp³-hybridized carbons (Fsp3) is 0.722. The molecule has 4 heteroatoms. The third-order valence-electron chi connectivity index (χ3n) is 4.64. The van der Waals surface area contributed by atoms with Crippen LogP contribution < -0.4 is 4.90 Å². The van der Waals surface area contributed by atoms with Crippen LogP contribution in [0.1, 0.15) is 65.0 Å². The van der Waals surface area contributed by atoms with E-state index in [-0.39, 0.29) is 5.92 Å². The highest BCUT2D eigenvalue weighted by atomic mass is 16.1. The maximum absolute atomic E-state index is 11.7. The molecule has 0 aliphatic carbocycles. The van der Waals surface area contributed by atoms with Crippen molar-refractivity contribution in [2.45, 2.75) is 59.3 Å². The number of Topliss-reactive ketones (excluding diaryl/α,β-unsaturated/α-hetero) is 1. The monoisotopic (exact) mass is 303 g/mol. The van der Waals surface area contributed by atoms with Gasteiger partial charge in [-0.1, -0.05) is 27.7 Å². The molecular weight excluding hydrogens is 274 g/mol. The van der Waals surface area contributed by atoms with E-state index in [1.165, 1.54) is 0 Å². The Balaban J connectivity index is 1.80. The molecule has 4 nitrogen and oxygen atoms in total. The van der Waals surface area contributed by atoms with Crippen molar-refractivity contribution in [3.8, 4) is 0 Å². The van der Waals surface area contributed by atoms with E-state index < -0.39 is 0 Å². The largest absolute Gasteiger partial charge is 0.355 e. The number of piperidine rings is 1. The number of rotatable bonds is 6. The smallest absolute Gasteiger partial charge is 0.151 e. The molecule has 1 aliphatic heterocycles. The van der Waals surface area contributed by atoms with E-state index in [0.717, 1.165) is 50.3 Å². The van der Waals surface area contributed by atoms with E-state index in [1.807, 2.05) is 13.8 Å². The molecular formula is C18H29N3O. The van der Waals surface area contributed by atoms with Gasteiger partial charge >= 0.3 is 0 Å². The first-order valence-electron chi connectivity index (χ1n) is 8.58. The van der Waals surface area contributed by atoms with E-state index in [9.17, 15) is 4.79 Å². The van der Waals surface area contributed by atoms with Crippen molar-refractivity contribution in [1.29, 1.82) is 0 Å². The van der Waals surface area contributed by atoms with Crippen molar-refractivity contribution in [2.24, 2.45) is 11.8 Å². The Morgan fingerprint density at radius 3 is 2.36 bits per heavy atom. The van der Waals surface area contributed by atoms with Gasteiger partial charge in [0.1, 0.15) is 5.78 Å². The number of hydrogen-bond donors (Lipinski definition) is 0. The van der Waals surface area contributed by atoms with Gasteiger partial charge < -0.3 is 4.90 Å². The maximum atomic E-state index is 11.7. The second-order valence-electron chi connectivity index (χ2n) is 7.06. The van der Waals surface area contributed by atoms with Gasteiger partial charge in [0.2, 0.25) is 0 Å². The molecule has 0 atom stereocenters. The Bertz CT molecular complexity index is 474. The summed E-state index contributed by atoms with van der Waals surface area (Å²) in [7, 11) is 0. The number of hydrogen-bond acceptors (Lipinski definition) is 4. The van der Waals surface area contributed by atoms with Crippen LogP contribution in [0.3, 0.4) is 0 Å². The summed E-state index contributed by atoms with van der Waals surface area (Å²) in [5.41, 5.74) is 1.05. The van der Waals surface area contributed by atoms with Crippen LogP contribution in [0, 0.1) is 11.8 Å². The Morgan fingerprint density at radius 2 is 1.86 bits per heavy atom. The Hall–Kier alpha value is -1.45. The fourth-order valence-electron chi connectivity index (χ4n) is 2.90. The average molecular weight is 303 g/mol. The summed E-state index contributed by atoms with van der Waals surface area (Å²) in [5.74, 6) is 2.67. The van der Waals surface area contributed by atoms with Gasteiger partial charge in [0.05, 0.1) is 5.69 Å². The lowest BCUT2D eigenvalue weighted by molar-refractivity contribution is -0.122. The van der Waals surface area contributed by atoms with Crippen molar-refractivity contribution in [3.05, 3.63) is 17.8 Å². The van der Waals surface area contributed by atoms with Gasteiger partial charge in [-0.25, -0.2) is 0 Å². The lowest BCUT2D eigenvalue weighted by Gasteiger charge is -2.32. The van der Waals surface area contributed by atoms with Gasteiger partial charge in [-0.15, -0.1) is 5.10 Å². The number of ketones is 1. The molecule has 1 aliphatic rings. The third kappa shape index (κ3) is 4.52.